The molecule has 0 unspecified atom stereocenters. The number of carbonyl (C=O) groups is 4. The molecule has 4 aliphatic heterocycles. The molecule has 0 saturated heterocycles. The molecular weight excluding hydrogens is 1420 g/mol. The third-order valence-corrected chi connectivity index (χ3v) is 21.8. The SMILES string of the molecule is CC(=O)c1ccc(Cn2c3c(c4cc(Br)ccc42)CN(C)CC3)cc1.CN1CCc2c(c3ccc(Br)cc3n2Cc2ccc(C(=O)NO)cc2)C1.Cc1ccc2c(c1)c1c(n2Cc2ccc(C(=O)CO)cc2)CCN(C)C1.Cc1ccc2c3c(n(Cc4ccc(C(=O)NO)cc4)c2c1)CCN(C)C3. The van der Waals surface area contributed by atoms with E-state index in [1.165, 1.54) is 111 Å². The highest BCUT2D eigenvalue weighted by Gasteiger charge is 2.28. The Morgan fingerprint density at radius 3 is 1.11 bits per heavy atom. The summed E-state index contributed by atoms with van der Waals surface area (Å²) in [5.74, 6) is -1.10. The van der Waals surface area contributed by atoms with Crippen molar-refractivity contribution in [3.05, 3.63) is 279 Å². The number of hydroxylamine groups is 2. The Morgan fingerprint density at radius 1 is 0.379 bits per heavy atom. The van der Waals surface area contributed by atoms with Crippen molar-refractivity contribution in [2.45, 2.75) is 98.8 Å². The highest BCUT2D eigenvalue weighted by atomic mass is 79.9. The van der Waals surface area contributed by atoms with Gasteiger partial charge in [-0.1, -0.05) is 134 Å². The number of aromatic nitrogens is 4. The fraction of sp³-hybridized carbons (Fsp3) is 0.286. The molecule has 8 aromatic carbocycles. The number of hydrogen-bond acceptors (Lipinski definition) is 11. The molecule has 0 spiro atoms. The van der Waals surface area contributed by atoms with Gasteiger partial charge in [0.1, 0.15) is 6.61 Å². The van der Waals surface area contributed by atoms with Crippen LogP contribution in [0.1, 0.15) is 127 Å². The zero-order valence-electron chi connectivity index (χ0n) is 59.5. The molecule has 16 rings (SSSR count). The maximum atomic E-state index is 11.6. The van der Waals surface area contributed by atoms with Gasteiger partial charge in [-0.15, -0.1) is 0 Å². The second kappa shape index (κ2) is 31.5. The number of aliphatic hydroxyl groups excluding tert-OH is 1. The smallest absolute Gasteiger partial charge is 0.274 e. The quantitative estimate of drug-likeness (QED) is 0.0420. The molecule has 2 amide bonds. The second-order valence-corrected chi connectivity index (χ2v) is 30.0. The first-order valence-corrected chi connectivity index (χ1v) is 36.8. The lowest BCUT2D eigenvalue weighted by molar-refractivity contribution is 0.0702. The number of nitrogens with one attached hydrogen (secondary N) is 2. The zero-order chi connectivity index (χ0) is 72.3. The van der Waals surface area contributed by atoms with Gasteiger partial charge in [-0.3, -0.25) is 29.6 Å². The Labute approximate surface area is 617 Å². The molecule has 0 atom stereocenters. The molecule has 0 aliphatic carbocycles. The van der Waals surface area contributed by atoms with Crippen LogP contribution in [0.15, 0.2) is 179 Å². The van der Waals surface area contributed by atoms with Gasteiger partial charge in [-0.2, -0.15) is 0 Å². The van der Waals surface area contributed by atoms with Crippen molar-refractivity contribution in [1.82, 2.24) is 48.8 Å². The molecule has 17 nitrogen and oxygen atoms in total. The molecule has 19 heteroatoms. The molecule has 12 aromatic rings. The van der Waals surface area contributed by atoms with Crippen molar-refractivity contribution in [2.75, 3.05) is 61.0 Å². The van der Waals surface area contributed by atoms with Gasteiger partial charge in [-0.25, -0.2) is 11.0 Å². The lowest BCUT2D eigenvalue weighted by Crippen LogP contribution is -2.27. The van der Waals surface area contributed by atoms with Crippen LogP contribution in [0.4, 0.5) is 0 Å². The van der Waals surface area contributed by atoms with Gasteiger partial charge in [0.25, 0.3) is 11.8 Å². The van der Waals surface area contributed by atoms with Crippen LogP contribution in [0, 0.1) is 13.8 Å². The lowest BCUT2D eigenvalue weighted by Gasteiger charge is -2.24. The average molecular weight is 1510 g/mol. The fourth-order valence-corrected chi connectivity index (χ4v) is 16.1. The van der Waals surface area contributed by atoms with Crippen LogP contribution < -0.4 is 11.0 Å². The number of ketones is 2. The molecule has 4 aliphatic rings. The summed E-state index contributed by atoms with van der Waals surface area (Å²) in [5.41, 5.74) is 29.3. The van der Waals surface area contributed by atoms with Gasteiger partial charge in [0.15, 0.2) is 11.6 Å². The minimum Gasteiger partial charge on any atom is -0.388 e. The first-order valence-electron chi connectivity index (χ1n) is 35.2. The number of benzene rings is 8. The van der Waals surface area contributed by atoms with Crippen LogP contribution in [0.25, 0.3) is 43.6 Å². The zero-order valence-corrected chi connectivity index (χ0v) is 62.7. The normalized spacial score (nSPS) is 14.5. The number of aliphatic hydroxyl groups is 1. The maximum Gasteiger partial charge on any atom is 0.274 e. The summed E-state index contributed by atoms with van der Waals surface area (Å²) in [6, 6.07) is 56.8. The fourth-order valence-electron chi connectivity index (χ4n) is 15.3. The summed E-state index contributed by atoms with van der Waals surface area (Å²) in [4.78, 5) is 55.6. The van der Waals surface area contributed by atoms with E-state index >= 15 is 0 Å². The number of halogens is 2. The number of likely N-dealkylation sites (N-methyl/N-ethyl adjacent to an activating group) is 4. The third-order valence-electron chi connectivity index (χ3n) is 20.8. The number of Topliss-reactive ketones (excluding diaryl/α,β-unsaturated/α-hetero) is 2. The topological polar surface area (TPSA) is 186 Å². The predicted octanol–water partition coefficient (Wildman–Crippen LogP) is 14.5. The molecule has 8 heterocycles. The molecule has 0 fully saturated rings. The molecular formula is C84H88Br2N10O7. The highest BCUT2D eigenvalue weighted by molar-refractivity contribution is 9.10. The van der Waals surface area contributed by atoms with Crippen molar-refractivity contribution in [3.63, 3.8) is 0 Å². The summed E-state index contributed by atoms with van der Waals surface area (Å²) in [7, 11) is 8.70. The van der Waals surface area contributed by atoms with Gasteiger partial charge in [0, 0.05) is 202 Å². The van der Waals surface area contributed by atoms with E-state index in [0.29, 0.717) is 16.7 Å². The van der Waals surface area contributed by atoms with E-state index in [2.05, 4.69) is 197 Å². The van der Waals surface area contributed by atoms with Crippen LogP contribution >= 0.6 is 31.9 Å². The van der Waals surface area contributed by atoms with Crippen molar-refractivity contribution in [2.24, 2.45) is 0 Å². The van der Waals surface area contributed by atoms with Crippen LogP contribution in [-0.2, 0) is 78.0 Å². The third kappa shape index (κ3) is 15.7. The largest absolute Gasteiger partial charge is 0.388 e. The van der Waals surface area contributed by atoms with Crippen LogP contribution in [0.5, 0.6) is 0 Å². The number of carbonyl (C=O) groups excluding carboxylic acids is 4. The Kier molecular flexibility index (Phi) is 22.1. The predicted molar refractivity (Wildman–Crippen MR) is 415 cm³/mol. The molecule has 103 heavy (non-hydrogen) atoms. The van der Waals surface area contributed by atoms with Gasteiger partial charge < -0.3 is 43.0 Å². The number of nitrogens with zero attached hydrogens (tertiary/aromatic N) is 8. The van der Waals surface area contributed by atoms with Crippen LogP contribution in [0.3, 0.4) is 0 Å². The number of fused-ring (bicyclic) bond motifs is 12. The van der Waals surface area contributed by atoms with Gasteiger partial charge in [0.05, 0.1) is 0 Å². The first kappa shape index (κ1) is 72.2. The van der Waals surface area contributed by atoms with E-state index in [1.54, 1.807) is 42.1 Å². The monoisotopic (exact) mass is 1510 g/mol. The summed E-state index contributed by atoms with van der Waals surface area (Å²) in [6.07, 6.45) is 4.21. The Hall–Kier alpha value is -9.12. The van der Waals surface area contributed by atoms with Gasteiger partial charge in [0.2, 0.25) is 0 Å². The van der Waals surface area contributed by atoms with Crippen LogP contribution in [-0.4, -0.2) is 138 Å². The summed E-state index contributed by atoms with van der Waals surface area (Å²) < 4.78 is 11.9. The Morgan fingerprint density at radius 2 is 0.699 bits per heavy atom. The van der Waals surface area contributed by atoms with E-state index in [4.69, 9.17) is 15.5 Å². The van der Waals surface area contributed by atoms with E-state index in [1.807, 2.05) is 60.7 Å². The van der Waals surface area contributed by atoms with E-state index in [0.717, 1.165) is 130 Å². The minimum atomic E-state index is -0.493. The van der Waals surface area contributed by atoms with E-state index < -0.39 is 18.4 Å². The molecule has 5 N–H and O–H groups in total. The molecule has 4 aromatic heterocycles. The standard InChI is InChI=1S/C22H24N2O2.C21H21BrN2O.C21H23N3O2.C20H20BrN3O2/c1-15-3-8-20-18(11-15)19-13-23(2)10-9-21(19)24(20)12-16-4-6-17(7-5-16)22(26)14-25;1-14(25)16-5-3-15(4-6-16)12-24-20-8-7-17(22)11-18(20)19-13-23(2)10-9-21(19)24;1-14-3-8-17-18-13-23(2)10-9-19(18)24(20(17)11-14)12-15-4-6-16(7-5-15)21(25)22-26;1-23-9-8-18-17(12-23)16-7-6-15(21)10-19(16)24(18)11-13-2-4-14(5-3-13)20(25)22-26/h3-8,11,25H,9-10,12-14H2,1-2H3;3-8,11H,9-10,12-13H2,1-2H3;3-8,11,26H,9-10,12-13H2,1-2H3,(H,22,25);2-7,10,26H,8-9,11-12H2,1H3,(H,22,25). The Bertz CT molecular complexity index is 5000. The number of rotatable bonds is 13. The lowest BCUT2D eigenvalue weighted by atomic mass is 10.0. The van der Waals surface area contributed by atoms with E-state index in [9.17, 15) is 19.2 Å². The maximum absolute atomic E-state index is 11.6. The van der Waals surface area contributed by atoms with Crippen molar-refractivity contribution < 1.29 is 34.7 Å². The number of aryl methyl sites for hydroxylation is 2. The summed E-state index contributed by atoms with van der Waals surface area (Å²) in [5, 5.41) is 31.9. The second-order valence-electron chi connectivity index (χ2n) is 28.2. The van der Waals surface area contributed by atoms with Crippen molar-refractivity contribution >= 4 is 98.9 Å². The van der Waals surface area contributed by atoms with Crippen molar-refractivity contribution in [1.29, 1.82) is 0 Å². The minimum absolute atomic E-state index is 0.114. The van der Waals surface area contributed by atoms with E-state index in [-0.39, 0.29) is 11.6 Å². The van der Waals surface area contributed by atoms with Gasteiger partial charge >= 0.3 is 0 Å². The highest BCUT2D eigenvalue weighted by Crippen LogP contribution is 2.37. The molecule has 530 valence electrons. The molecule has 0 radical (unpaired) electrons. The Balaban J connectivity index is 0.000000122. The summed E-state index contributed by atoms with van der Waals surface area (Å²) in [6.45, 7) is 16.9. The summed E-state index contributed by atoms with van der Waals surface area (Å²) >= 11 is 7.22. The molecule has 0 bridgehead atoms. The van der Waals surface area contributed by atoms with Gasteiger partial charge in [-0.05, 0) is 172 Å². The first-order chi connectivity index (χ1) is 49.7. The average Bonchev–Trinajstić information content (AvgIpc) is 1.63. The molecule has 0 saturated carbocycles. The van der Waals surface area contributed by atoms with Crippen molar-refractivity contribution in [3.8, 4) is 0 Å². The van der Waals surface area contributed by atoms with Crippen LogP contribution in [0.2, 0.25) is 0 Å². The number of hydrogen-bond donors (Lipinski definition) is 5. The number of amides is 2.